The fraction of sp³-hybridized carbons (Fsp3) is 0.914. The van der Waals surface area contributed by atoms with Crippen LogP contribution in [-0.2, 0) is 61.8 Å². The quantitative estimate of drug-likeness (QED) is 0.0366. The van der Waals surface area contributed by atoms with E-state index in [4.69, 9.17) is 47.4 Å². The summed E-state index contributed by atoms with van der Waals surface area (Å²) in [5.41, 5.74) is -4.17. The van der Waals surface area contributed by atoms with Crippen molar-refractivity contribution in [3.63, 3.8) is 0 Å². The average molecular weight is 1240 g/mol. The number of aliphatic hydroxyl groups excluding tert-OH is 14. The summed E-state index contributed by atoms with van der Waals surface area (Å²) in [4.78, 5) is 41.7. The lowest BCUT2D eigenvalue weighted by Crippen LogP contribution is -2.69. The molecule has 10 aliphatic rings. The van der Waals surface area contributed by atoms with Crippen LogP contribution < -0.4 is 0 Å². The summed E-state index contributed by atoms with van der Waals surface area (Å²) in [6.07, 6.45) is -35.8. The highest BCUT2D eigenvalue weighted by atomic mass is 16.8. The lowest BCUT2D eigenvalue weighted by molar-refractivity contribution is -0.373. The topological polar surface area (TPSA) is 447 Å². The minimum absolute atomic E-state index is 0.111. The van der Waals surface area contributed by atoms with Gasteiger partial charge in [-0.1, -0.05) is 53.2 Å². The van der Waals surface area contributed by atoms with Gasteiger partial charge in [0.2, 0.25) is 6.29 Å². The summed E-state index contributed by atoms with van der Waals surface area (Å²) in [5.74, 6) is -3.62. The molecule has 0 radical (unpaired) electrons. The van der Waals surface area contributed by atoms with Gasteiger partial charge in [-0.05, 0) is 104 Å². The Morgan fingerprint density at radius 1 is 0.605 bits per heavy atom. The maximum atomic E-state index is 15.4. The summed E-state index contributed by atoms with van der Waals surface area (Å²) in [6, 6.07) is 0. The Kier molecular flexibility index (Phi) is 18.6. The second-order valence-electron chi connectivity index (χ2n) is 28.0. The van der Waals surface area contributed by atoms with E-state index in [9.17, 15) is 86.2 Å². The Labute approximate surface area is 496 Å². The minimum Gasteiger partial charge on any atom is -0.479 e. The van der Waals surface area contributed by atoms with Crippen molar-refractivity contribution >= 4 is 18.2 Å². The molecule has 0 aromatic heterocycles. The molecule has 5 aliphatic carbocycles. The molecular weight excluding hydrogens is 1140 g/mol. The number of fused-ring (bicyclic) bond motifs is 7. The number of hydrogen-bond acceptors (Lipinski definition) is 27. The van der Waals surface area contributed by atoms with Gasteiger partial charge in [-0.2, -0.15) is 0 Å². The van der Waals surface area contributed by atoms with Crippen molar-refractivity contribution in [1.29, 1.82) is 0 Å². The predicted octanol–water partition coefficient (Wildman–Crippen LogP) is -3.66. The number of carbonyl (C=O) groups is 3. The maximum Gasteiger partial charge on any atom is 0.335 e. The van der Waals surface area contributed by atoms with Crippen molar-refractivity contribution in [1.82, 2.24) is 0 Å². The highest BCUT2D eigenvalue weighted by molar-refractivity contribution is 5.80. The van der Waals surface area contributed by atoms with E-state index in [0.717, 1.165) is 11.9 Å². The van der Waals surface area contributed by atoms with Gasteiger partial charge in [-0.15, -0.1) is 0 Å². The molecule has 0 aromatic rings. The number of aliphatic carboxylic acids is 1. The first-order chi connectivity index (χ1) is 40.2. The van der Waals surface area contributed by atoms with E-state index in [1.54, 1.807) is 6.92 Å². The second-order valence-corrected chi connectivity index (χ2v) is 28.0. The highest BCUT2D eigenvalue weighted by Crippen LogP contribution is 2.76. The number of carboxylic acid groups (broad SMARTS) is 1. The van der Waals surface area contributed by atoms with Crippen LogP contribution in [0.3, 0.4) is 0 Å². The van der Waals surface area contributed by atoms with Crippen molar-refractivity contribution in [3.8, 4) is 0 Å². The van der Waals surface area contributed by atoms with Crippen LogP contribution in [0.15, 0.2) is 11.6 Å². The SMILES string of the molecule is CC1OC(OC2C(OC(=O)C34CCC(C)(C)CC3C3=CCC5C6(C)CCC(OC7OC(C(=O)O)C(O)C(O)C7OC7OC(CO)C(O)C(O)C7O)C(C)(C=O)C6CCC5(C)C3(C)CC4O)OCC(O)C2O)C(O)C(O)C1OC1OCC(O)C(O)C1O. The van der Waals surface area contributed by atoms with Crippen LogP contribution in [-0.4, -0.2) is 268 Å². The highest BCUT2D eigenvalue weighted by Gasteiger charge is 2.73. The third kappa shape index (κ3) is 10.7. The zero-order valence-corrected chi connectivity index (χ0v) is 49.3. The summed E-state index contributed by atoms with van der Waals surface area (Å²) in [5, 5.41) is 163. The molecule has 5 heterocycles. The van der Waals surface area contributed by atoms with E-state index in [2.05, 4.69) is 40.7 Å². The van der Waals surface area contributed by atoms with E-state index < -0.39 is 224 Å². The van der Waals surface area contributed by atoms with E-state index in [0.29, 0.717) is 38.5 Å². The third-order valence-corrected chi connectivity index (χ3v) is 22.7. The second kappa shape index (κ2) is 24.2. The molecular formula is C58H90O28. The molecule has 28 heteroatoms. The zero-order valence-electron chi connectivity index (χ0n) is 49.3. The van der Waals surface area contributed by atoms with E-state index in [-0.39, 0.29) is 30.6 Å². The third-order valence-electron chi connectivity index (χ3n) is 22.7. The first-order valence-electron chi connectivity index (χ1n) is 30.1. The first-order valence-corrected chi connectivity index (χ1v) is 30.1. The largest absolute Gasteiger partial charge is 0.479 e. The summed E-state index contributed by atoms with van der Waals surface area (Å²) in [6.45, 7) is 12.1. The molecule has 0 bridgehead atoms. The number of rotatable bonds is 13. The number of allylic oxidation sites excluding steroid dienone is 2. The molecule has 33 unspecified atom stereocenters. The molecule has 0 amide bonds. The number of carbonyl (C=O) groups excluding carboxylic acids is 2. The molecule has 28 nitrogen and oxygen atoms in total. The van der Waals surface area contributed by atoms with E-state index >= 15 is 4.79 Å². The smallest absolute Gasteiger partial charge is 0.335 e. The minimum atomic E-state index is -2.10. The van der Waals surface area contributed by atoms with Crippen LogP contribution in [0.1, 0.15) is 106 Å². The van der Waals surface area contributed by atoms with Crippen molar-refractivity contribution in [2.75, 3.05) is 19.8 Å². The lowest BCUT2D eigenvalue weighted by Gasteiger charge is -2.71. The molecule has 4 saturated carbocycles. The predicted molar refractivity (Wildman–Crippen MR) is 284 cm³/mol. The molecule has 15 N–H and O–H groups in total. The Morgan fingerprint density at radius 2 is 1.20 bits per heavy atom. The number of aldehydes is 1. The Balaban J connectivity index is 0.887. The van der Waals surface area contributed by atoms with Crippen LogP contribution in [0.25, 0.3) is 0 Å². The van der Waals surface area contributed by atoms with Crippen molar-refractivity contribution in [3.05, 3.63) is 11.6 Å². The normalized spacial score (nSPS) is 54.6. The molecule has 0 spiro atoms. The maximum absolute atomic E-state index is 15.4. The molecule has 5 aliphatic heterocycles. The number of hydrogen-bond donors (Lipinski definition) is 15. The molecule has 5 saturated heterocycles. The van der Waals surface area contributed by atoms with Crippen molar-refractivity contribution in [2.24, 2.45) is 50.2 Å². The standard InChI is InChI=1S/C58H90O28/c1-22-42(82-47-39(71)32(64)25(61)19-77-47)38(70)41(73)48(79-22)84-44-33(65)26(62)20-78-50(44)86-52(76)58-15-14-53(2,3)16-24(58)23-8-9-29-54(4)12-11-31(55(5,21-60)28(54)10-13-56(29,6)57(23,7)17-30(58)63)81-51-45(37(69)36(68)43(83-51)46(74)75)85-49-40(72)35(67)34(66)27(18-59)80-49/h8,21-22,24-45,47-51,59,61-73H,9-20H2,1-7H3,(H,74,75). The fourth-order valence-corrected chi connectivity index (χ4v) is 17.3. The van der Waals surface area contributed by atoms with E-state index in [1.165, 1.54) is 6.92 Å². The van der Waals surface area contributed by atoms with Gasteiger partial charge >= 0.3 is 11.9 Å². The number of aliphatic hydroxyl groups is 14. The summed E-state index contributed by atoms with van der Waals surface area (Å²) >= 11 is 0. The van der Waals surface area contributed by atoms with Gasteiger partial charge in [0.15, 0.2) is 37.4 Å². The van der Waals surface area contributed by atoms with Gasteiger partial charge < -0.3 is 129 Å². The Hall–Kier alpha value is -2.57. The molecule has 86 heavy (non-hydrogen) atoms. The van der Waals surface area contributed by atoms with Gasteiger partial charge in [0.05, 0.1) is 43.5 Å². The van der Waals surface area contributed by atoms with Gasteiger partial charge in [-0.3, -0.25) is 4.79 Å². The number of ether oxygens (including phenoxy) is 10. The van der Waals surface area contributed by atoms with Crippen molar-refractivity contribution < 1.29 is 138 Å². The molecule has 10 rings (SSSR count). The van der Waals surface area contributed by atoms with Gasteiger partial charge in [0.25, 0.3) is 0 Å². The molecule has 0 aromatic carbocycles. The van der Waals surface area contributed by atoms with Crippen LogP contribution in [0.2, 0.25) is 0 Å². The molecule has 33 atom stereocenters. The summed E-state index contributed by atoms with van der Waals surface area (Å²) < 4.78 is 59.0. The number of carboxylic acids is 1. The Bertz CT molecular complexity index is 2490. The van der Waals surface area contributed by atoms with Crippen LogP contribution in [0.5, 0.6) is 0 Å². The monoisotopic (exact) mass is 1230 g/mol. The first kappa shape index (κ1) is 66.4. The van der Waals surface area contributed by atoms with Crippen LogP contribution in [0, 0.1) is 50.2 Å². The lowest BCUT2D eigenvalue weighted by atomic mass is 9.33. The van der Waals surface area contributed by atoms with E-state index in [1.807, 2.05) is 0 Å². The molecule has 490 valence electrons. The average Bonchev–Trinajstić information content (AvgIpc) is 0.676. The van der Waals surface area contributed by atoms with Gasteiger partial charge in [-0.25, -0.2) is 4.79 Å². The van der Waals surface area contributed by atoms with Gasteiger partial charge in [0, 0.05) is 0 Å². The zero-order chi connectivity index (χ0) is 62.9. The fourth-order valence-electron chi connectivity index (χ4n) is 17.3. The van der Waals surface area contributed by atoms with Crippen molar-refractivity contribution in [2.45, 2.75) is 260 Å². The summed E-state index contributed by atoms with van der Waals surface area (Å²) in [7, 11) is 0. The van der Waals surface area contributed by atoms with Crippen LogP contribution in [0.4, 0.5) is 0 Å². The Morgan fingerprint density at radius 3 is 1.85 bits per heavy atom. The molecule has 9 fully saturated rings. The van der Waals surface area contributed by atoms with Crippen LogP contribution >= 0.6 is 0 Å². The van der Waals surface area contributed by atoms with Gasteiger partial charge in [0.1, 0.15) is 103 Å². The number of esters is 1.